The lowest BCUT2D eigenvalue weighted by Crippen LogP contribution is -2.33. The summed E-state index contributed by atoms with van der Waals surface area (Å²) in [6, 6.07) is 8.02. The molecule has 1 fully saturated rings. The molecule has 1 aliphatic rings. The molecule has 1 heterocycles. The second-order valence-electron chi connectivity index (χ2n) is 5.04. The standard InChI is InChI=1S/C14H19N3O2S/c15-10-13-3-1-5-14(9-13)20(18,19)17-8-6-12-4-2-7-16-11-12/h1,3,5,9,12,16-17H,2,4,6-8,11H2. The van der Waals surface area contributed by atoms with Crippen LogP contribution in [0.5, 0.6) is 0 Å². The lowest BCUT2D eigenvalue weighted by Gasteiger charge is -2.22. The van der Waals surface area contributed by atoms with Gasteiger partial charge in [-0.25, -0.2) is 13.1 Å². The van der Waals surface area contributed by atoms with Crippen molar-refractivity contribution in [2.45, 2.75) is 24.2 Å². The molecule has 108 valence electrons. The molecule has 0 saturated carbocycles. The number of nitriles is 1. The van der Waals surface area contributed by atoms with E-state index < -0.39 is 10.0 Å². The minimum atomic E-state index is -3.52. The van der Waals surface area contributed by atoms with E-state index in [9.17, 15) is 8.42 Å². The highest BCUT2D eigenvalue weighted by molar-refractivity contribution is 7.89. The Hall–Kier alpha value is -1.42. The fraction of sp³-hybridized carbons (Fsp3) is 0.500. The predicted octanol–water partition coefficient (Wildman–Crippen LogP) is 1.23. The van der Waals surface area contributed by atoms with Crippen molar-refractivity contribution in [3.63, 3.8) is 0 Å². The number of nitrogens with one attached hydrogen (secondary N) is 2. The highest BCUT2D eigenvalue weighted by atomic mass is 32.2. The van der Waals surface area contributed by atoms with E-state index in [1.54, 1.807) is 12.1 Å². The van der Waals surface area contributed by atoms with Crippen LogP contribution < -0.4 is 10.0 Å². The van der Waals surface area contributed by atoms with Crippen LogP contribution in [0.4, 0.5) is 0 Å². The molecule has 1 atom stereocenters. The van der Waals surface area contributed by atoms with Gasteiger partial charge in [0.15, 0.2) is 0 Å². The molecule has 2 rings (SSSR count). The van der Waals surface area contributed by atoms with Gasteiger partial charge in [0, 0.05) is 6.54 Å². The van der Waals surface area contributed by atoms with Gasteiger partial charge < -0.3 is 5.32 Å². The van der Waals surface area contributed by atoms with Crippen molar-refractivity contribution in [2.75, 3.05) is 19.6 Å². The summed E-state index contributed by atoms with van der Waals surface area (Å²) in [7, 11) is -3.52. The van der Waals surface area contributed by atoms with Crippen molar-refractivity contribution < 1.29 is 8.42 Å². The van der Waals surface area contributed by atoms with Crippen molar-refractivity contribution in [1.82, 2.24) is 10.0 Å². The molecule has 0 bridgehead atoms. The molecule has 1 aromatic rings. The topological polar surface area (TPSA) is 82.0 Å². The van der Waals surface area contributed by atoms with E-state index in [4.69, 9.17) is 5.26 Å². The molecule has 1 aliphatic heterocycles. The molecule has 1 saturated heterocycles. The monoisotopic (exact) mass is 293 g/mol. The maximum absolute atomic E-state index is 12.1. The van der Waals surface area contributed by atoms with Crippen molar-refractivity contribution in [1.29, 1.82) is 5.26 Å². The Balaban J connectivity index is 1.91. The Kier molecular flexibility index (Phi) is 5.12. The van der Waals surface area contributed by atoms with E-state index in [0.717, 1.165) is 32.4 Å². The van der Waals surface area contributed by atoms with Crippen molar-refractivity contribution >= 4 is 10.0 Å². The molecule has 0 radical (unpaired) electrons. The lowest BCUT2D eigenvalue weighted by atomic mass is 9.96. The molecule has 1 unspecified atom stereocenters. The van der Waals surface area contributed by atoms with Crippen LogP contribution in [0.3, 0.4) is 0 Å². The van der Waals surface area contributed by atoms with Crippen LogP contribution >= 0.6 is 0 Å². The second kappa shape index (κ2) is 6.84. The van der Waals surface area contributed by atoms with Gasteiger partial charge in [0.1, 0.15) is 0 Å². The number of benzene rings is 1. The summed E-state index contributed by atoms with van der Waals surface area (Å²) in [5, 5.41) is 12.1. The first-order valence-electron chi connectivity index (χ1n) is 6.82. The third-order valence-corrected chi connectivity index (χ3v) is 4.98. The SMILES string of the molecule is N#Cc1cccc(S(=O)(=O)NCCC2CCCNC2)c1. The van der Waals surface area contributed by atoms with Crippen LogP contribution in [-0.2, 0) is 10.0 Å². The van der Waals surface area contributed by atoms with Crippen LogP contribution in [0.2, 0.25) is 0 Å². The van der Waals surface area contributed by atoms with E-state index in [1.165, 1.54) is 12.1 Å². The van der Waals surface area contributed by atoms with Gasteiger partial charge in [-0.1, -0.05) is 6.07 Å². The number of sulfonamides is 1. The first-order valence-corrected chi connectivity index (χ1v) is 8.31. The summed E-state index contributed by atoms with van der Waals surface area (Å²) < 4.78 is 26.8. The highest BCUT2D eigenvalue weighted by Crippen LogP contribution is 2.14. The van der Waals surface area contributed by atoms with Crippen LogP contribution in [-0.4, -0.2) is 28.1 Å². The zero-order valence-corrected chi connectivity index (χ0v) is 12.1. The predicted molar refractivity (Wildman–Crippen MR) is 76.6 cm³/mol. The molecule has 0 aliphatic carbocycles. The van der Waals surface area contributed by atoms with Gasteiger partial charge in [0.05, 0.1) is 16.5 Å². The van der Waals surface area contributed by atoms with E-state index in [-0.39, 0.29) is 4.90 Å². The molecule has 20 heavy (non-hydrogen) atoms. The van der Waals surface area contributed by atoms with Gasteiger partial charge in [-0.3, -0.25) is 0 Å². The van der Waals surface area contributed by atoms with Gasteiger partial charge in [0.25, 0.3) is 0 Å². The van der Waals surface area contributed by atoms with E-state index in [2.05, 4.69) is 10.0 Å². The quantitative estimate of drug-likeness (QED) is 0.855. The van der Waals surface area contributed by atoms with Gasteiger partial charge >= 0.3 is 0 Å². The van der Waals surface area contributed by atoms with Crippen LogP contribution in [0.15, 0.2) is 29.2 Å². The number of piperidine rings is 1. The lowest BCUT2D eigenvalue weighted by molar-refractivity contribution is 0.358. The van der Waals surface area contributed by atoms with E-state index in [0.29, 0.717) is 18.0 Å². The molecule has 1 aromatic carbocycles. The van der Waals surface area contributed by atoms with Gasteiger partial charge in [-0.2, -0.15) is 5.26 Å². The number of nitrogens with zero attached hydrogens (tertiary/aromatic N) is 1. The fourth-order valence-corrected chi connectivity index (χ4v) is 3.48. The average molecular weight is 293 g/mol. The Bertz CT molecular complexity index is 587. The fourth-order valence-electron chi connectivity index (χ4n) is 2.38. The van der Waals surface area contributed by atoms with Crippen molar-refractivity contribution in [2.24, 2.45) is 5.92 Å². The molecular weight excluding hydrogens is 274 g/mol. The molecule has 2 N–H and O–H groups in total. The summed E-state index contributed by atoms with van der Waals surface area (Å²) in [5.41, 5.74) is 0.351. The van der Waals surface area contributed by atoms with Gasteiger partial charge in [-0.15, -0.1) is 0 Å². The normalized spacial score (nSPS) is 19.4. The Labute approximate surface area is 120 Å². The largest absolute Gasteiger partial charge is 0.316 e. The van der Waals surface area contributed by atoms with Crippen LogP contribution in [0, 0.1) is 17.2 Å². The summed E-state index contributed by atoms with van der Waals surface area (Å²) in [5.74, 6) is 0.539. The summed E-state index contributed by atoms with van der Waals surface area (Å²) in [6.07, 6.45) is 3.14. The number of rotatable bonds is 5. The second-order valence-corrected chi connectivity index (χ2v) is 6.81. The Morgan fingerprint density at radius 2 is 2.30 bits per heavy atom. The molecular formula is C14H19N3O2S. The maximum atomic E-state index is 12.1. The zero-order valence-electron chi connectivity index (χ0n) is 11.3. The third kappa shape index (κ3) is 4.04. The van der Waals surface area contributed by atoms with E-state index in [1.807, 2.05) is 6.07 Å². The third-order valence-electron chi connectivity index (χ3n) is 3.52. The van der Waals surface area contributed by atoms with Crippen molar-refractivity contribution in [3.8, 4) is 6.07 Å². The summed E-state index contributed by atoms with van der Waals surface area (Å²) in [4.78, 5) is 0.151. The first kappa shape index (κ1) is 15.0. The summed E-state index contributed by atoms with van der Waals surface area (Å²) in [6.45, 7) is 2.46. The van der Waals surface area contributed by atoms with Crippen LogP contribution in [0.25, 0.3) is 0 Å². The highest BCUT2D eigenvalue weighted by Gasteiger charge is 2.16. The number of hydrogen-bond donors (Lipinski definition) is 2. The van der Waals surface area contributed by atoms with Crippen molar-refractivity contribution in [3.05, 3.63) is 29.8 Å². The van der Waals surface area contributed by atoms with Gasteiger partial charge in [-0.05, 0) is 56.5 Å². The Morgan fingerprint density at radius 1 is 1.45 bits per heavy atom. The first-order chi connectivity index (χ1) is 9.62. The van der Waals surface area contributed by atoms with Gasteiger partial charge in [0.2, 0.25) is 10.0 Å². The zero-order chi connectivity index (χ0) is 14.4. The molecule has 0 spiro atoms. The molecule has 0 aromatic heterocycles. The minimum Gasteiger partial charge on any atom is -0.316 e. The summed E-state index contributed by atoms with van der Waals surface area (Å²) >= 11 is 0. The van der Waals surface area contributed by atoms with Crippen LogP contribution in [0.1, 0.15) is 24.8 Å². The molecule has 0 amide bonds. The maximum Gasteiger partial charge on any atom is 0.240 e. The number of hydrogen-bond acceptors (Lipinski definition) is 4. The molecule has 6 heteroatoms. The van der Waals surface area contributed by atoms with E-state index >= 15 is 0 Å². The smallest absolute Gasteiger partial charge is 0.240 e. The Morgan fingerprint density at radius 3 is 3.00 bits per heavy atom. The minimum absolute atomic E-state index is 0.151. The molecule has 5 nitrogen and oxygen atoms in total. The average Bonchev–Trinajstić information content (AvgIpc) is 2.48.